The van der Waals surface area contributed by atoms with Gasteiger partial charge in [-0.15, -0.1) is 0 Å². The van der Waals surface area contributed by atoms with Gasteiger partial charge < -0.3 is 14.8 Å². The van der Waals surface area contributed by atoms with E-state index in [0.29, 0.717) is 24.9 Å². The van der Waals surface area contributed by atoms with E-state index in [0.717, 1.165) is 26.1 Å². The Kier molecular flexibility index (Phi) is 4.58. The lowest BCUT2D eigenvalue weighted by molar-refractivity contribution is -0.146. The SMILES string of the molecule is CCOC(=O)C(CCN1CC2CCC(C1)O2)NC1CC1. The normalized spacial score (nSPS) is 31.2. The second-order valence-corrected chi connectivity index (χ2v) is 6.25. The van der Waals surface area contributed by atoms with E-state index in [1.54, 1.807) is 0 Å². The van der Waals surface area contributed by atoms with Crippen molar-refractivity contribution in [3.63, 3.8) is 0 Å². The van der Waals surface area contributed by atoms with Crippen molar-refractivity contribution in [2.24, 2.45) is 0 Å². The van der Waals surface area contributed by atoms with Crippen LogP contribution in [0.2, 0.25) is 0 Å². The van der Waals surface area contributed by atoms with Gasteiger partial charge in [0, 0.05) is 25.7 Å². The first-order valence-corrected chi connectivity index (χ1v) is 8.05. The lowest BCUT2D eigenvalue weighted by Gasteiger charge is -2.32. The Morgan fingerprint density at radius 2 is 2.00 bits per heavy atom. The molecule has 3 atom stereocenters. The molecule has 1 N–H and O–H groups in total. The molecule has 0 aromatic rings. The predicted molar refractivity (Wildman–Crippen MR) is 75.5 cm³/mol. The first kappa shape index (κ1) is 14.3. The van der Waals surface area contributed by atoms with Crippen molar-refractivity contribution in [1.82, 2.24) is 10.2 Å². The third-order valence-electron chi connectivity index (χ3n) is 4.44. The maximum atomic E-state index is 12.0. The van der Waals surface area contributed by atoms with Crippen molar-refractivity contribution in [2.45, 2.75) is 63.3 Å². The highest BCUT2D eigenvalue weighted by Gasteiger charge is 2.35. The number of carbonyl (C=O) groups excluding carboxylic acids is 1. The zero-order valence-corrected chi connectivity index (χ0v) is 12.3. The molecule has 2 heterocycles. The number of carbonyl (C=O) groups is 1. The zero-order chi connectivity index (χ0) is 13.9. The van der Waals surface area contributed by atoms with Gasteiger partial charge in [0.1, 0.15) is 6.04 Å². The molecule has 1 aliphatic carbocycles. The predicted octanol–water partition coefficient (Wildman–Crippen LogP) is 0.923. The highest BCUT2D eigenvalue weighted by Crippen LogP contribution is 2.26. The molecule has 114 valence electrons. The van der Waals surface area contributed by atoms with E-state index in [2.05, 4.69) is 10.2 Å². The first-order valence-electron chi connectivity index (χ1n) is 8.05. The summed E-state index contributed by atoms with van der Waals surface area (Å²) in [5, 5.41) is 3.42. The number of esters is 1. The minimum absolute atomic E-state index is 0.0874. The van der Waals surface area contributed by atoms with Gasteiger partial charge in [-0.25, -0.2) is 0 Å². The molecule has 3 unspecified atom stereocenters. The number of hydrogen-bond donors (Lipinski definition) is 1. The number of likely N-dealkylation sites (tertiary alicyclic amines) is 1. The van der Waals surface area contributed by atoms with Gasteiger partial charge in [0.2, 0.25) is 0 Å². The molecule has 3 rings (SSSR count). The van der Waals surface area contributed by atoms with Crippen molar-refractivity contribution in [2.75, 3.05) is 26.2 Å². The summed E-state index contributed by atoms with van der Waals surface area (Å²) in [6.07, 6.45) is 6.47. The Bertz CT molecular complexity index is 334. The molecule has 1 saturated carbocycles. The Balaban J connectivity index is 1.46. The van der Waals surface area contributed by atoms with Crippen LogP contribution in [0.1, 0.15) is 39.0 Å². The van der Waals surface area contributed by atoms with Gasteiger partial charge in [0.15, 0.2) is 0 Å². The second-order valence-electron chi connectivity index (χ2n) is 6.25. The van der Waals surface area contributed by atoms with Crippen LogP contribution >= 0.6 is 0 Å². The summed E-state index contributed by atoms with van der Waals surface area (Å²) in [4.78, 5) is 14.4. The fourth-order valence-electron chi connectivity index (χ4n) is 3.24. The van der Waals surface area contributed by atoms with Crippen LogP contribution in [0.4, 0.5) is 0 Å². The van der Waals surface area contributed by atoms with Crippen LogP contribution < -0.4 is 5.32 Å². The first-order chi connectivity index (χ1) is 9.74. The summed E-state index contributed by atoms with van der Waals surface area (Å²) in [5.74, 6) is -0.0874. The molecule has 20 heavy (non-hydrogen) atoms. The highest BCUT2D eigenvalue weighted by atomic mass is 16.5. The third kappa shape index (κ3) is 3.71. The molecule has 0 aromatic carbocycles. The van der Waals surface area contributed by atoms with E-state index < -0.39 is 0 Å². The largest absolute Gasteiger partial charge is 0.465 e. The molecular weight excluding hydrogens is 256 g/mol. The molecule has 3 aliphatic rings. The number of rotatable bonds is 7. The minimum atomic E-state index is -0.136. The van der Waals surface area contributed by atoms with Crippen LogP contribution in [-0.2, 0) is 14.3 Å². The average Bonchev–Trinajstić information content (AvgIpc) is 3.19. The summed E-state index contributed by atoms with van der Waals surface area (Å²) in [6.45, 7) is 5.33. The topological polar surface area (TPSA) is 50.8 Å². The highest BCUT2D eigenvalue weighted by molar-refractivity contribution is 5.75. The third-order valence-corrected chi connectivity index (χ3v) is 4.44. The van der Waals surface area contributed by atoms with Crippen LogP contribution in [-0.4, -0.2) is 61.4 Å². The summed E-state index contributed by atoms with van der Waals surface area (Å²) < 4.78 is 11.0. The number of hydrogen-bond acceptors (Lipinski definition) is 5. The standard InChI is InChI=1S/C15H26N2O3/c1-2-19-15(18)14(16-11-3-4-11)7-8-17-9-12-5-6-13(10-17)20-12/h11-14,16H,2-10H2,1H3. The van der Waals surface area contributed by atoms with Crippen LogP contribution in [0.5, 0.6) is 0 Å². The smallest absolute Gasteiger partial charge is 0.323 e. The number of morpholine rings is 1. The molecule has 2 bridgehead atoms. The molecule has 2 saturated heterocycles. The van der Waals surface area contributed by atoms with E-state index in [9.17, 15) is 4.79 Å². The van der Waals surface area contributed by atoms with Gasteiger partial charge in [-0.05, 0) is 39.0 Å². The number of nitrogens with one attached hydrogen (secondary N) is 1. The van der Waals surface area contributed by atoms with Crippen LogP contribution in [0.15, 0.2) is 0 Å². The molecule has 0 amide bonds. The molecule has 5 nitrogen and oxygen atoms in total. The Morgan fingerprint density at radius 1 is 1.30 bits per heavy atom. The van der Waals surface area contributed by atoms with Gasteiger partial charge in [-0.1, -0.05) is 0 Å². The van der Waals surface area contributed by atoms with E-state index in [1.807, 2.05) is 6.92 Å². The van der Waals surface area contributed by atoms with Crippen molar-refractivity contribution >= 4 is 5.97 Å². The van der Waals surface area contributed by atoms with E-state index in [-0.39, 0.29) is 12.0 Å². The van der Waals surface area contributed by atoms with Gasteiger partial charge in [-0.3, -0.25) is 9.69 Å². The van der Waals surface area contributed by atoms with E-state index >= 15 is 0 Å². The lowest BCUT2D eigenvalue weighted by atomic mass is 10.1. The summed E-state index contributed by atoms with van der Waals surface area (Å²) >= 11 is 0. The zero-order valence-electron chi connectivity index (χ0n) is 12.3. The van der Waals surface area contributed by atoms with Gasteiger partial charge in [0.05, 0.1) is 18.8 Å². The second kappa shape index (κ2) is 6.41. The molecule has 0 aromatic heterocycles. The van der Waals surface area contributed by atoms with Crippen LogP contribution in [0.25, 0.3) is 0 Å². The average molecular weight is 282 g/mol. The fourth-order valence-corrected chi connectivity index (χ4v) is 3.24. The lowest BCUT2D eigenvalue weighted by Crippen LogP contribution is -2.46. The maximum Gasteiger partial charge on any atom is 0.323 e. The quantitative estimate of drug-likeness (QED) is 0.704. The number of ether oxygens (including phenoxy) is 2. The van der Waals surface area contributed by atoms with Crippen molar-refractivity contribution in [1.29, 1.82) is 0 Å². The summed E-state index contributed by atoms with van der Waals surface area (Å²) in [5.41, 5.74) is 0. The molecule has 5 heteroatoms. The minimum Gasteiger partial charge on any atom is -0.465 e. The fraction of sp³-hybridized carbons (Fsp3) is 0.933. The Morgan fingerprint density at radius 3 is 2.60 bits per heavy atom. The summed E-state index contributed by atoms with van der Waals surface area (Å²) in [7, 11) is 0. The van der Waals surface area contributed by atoms with Crippen molar-refractivity contribution in [3.8, 4) is 0 Å². The van der Waals surface area contributed by atoms with E-state index in [1.165, 1.54) is 25.7 Å². The van der Waals surface area contributed by atoms with Gasteiger partial charge in [-0.2, -0.15) is 0 Å². The van der Waals surface area contributed by atoms with E-state index in [4.69, 9.17) is 9.47 Å². The van der Waals surface area contributed by atoms with Gasteiger partial charge >= 0.3 is 5.97 Å². The molecule has 0 radical (unpaired) electrons. The number of nitrogens with zero attached hydrogens (tertiary/aromatic N) is 1. The van der Waals surface area contributed by atoms with Gasteiger partial charge in [0.25, 0.3) is 0 Å². The Labute approximate surface area is 121 Å². The van der Waals surface area contributed by atoms with Crippen molar-refractivity contribution < 1.29 is 14.3 Å². The maximum absolute atomic E-state index is 12.0. The summed E-state index contributed by atoms with van der Waals surface area (Å²) in [6, 6.07) is 0.397. The monoisotopic (exact) mass is 282 g/mol. The number of fused-ring (bicyclic) bond motifs is 2. The molecular formula is C15H26N2O3. The molecule has 2 aliphatic heterocycles. The Hall–Kier alpha value is -0.650. The van der Waals surface area contributed by atoms with Crippen LogP contribution in [0, 0.1) is 0 Å². The van der Waals surface area contributed by atoms with Crippen LogP contribution in [0.3, 0.4) is 0 Å². The molecule has 0 spiro atoms. The molecule has 3 fully saturated rings. The van der Waals surface area contributed by atoms with Crippen molar-refractivity contribution in [3.05, 3.63) is 0 Å².